The van der Waals surface area contributed by atoms with Gasteiger partial charge < -0.3 is 4.74 Å². The number of hydrogen-bond donors (Lipinski definition) is 0. The van der Waals surface area contributed by atoms with Gasteiger partial charge in [0, 0.05) is 5.56 Å². The molecular weight excluding hydrogens is 287 g/mol. The van der Waals surface area contributed by atoms with Gasteiger partial charge in [0.1, 0.15) is 17.3 Å². The zero-order valence-corrected chi connectivity index (χ0v) is 9.96. The molecule has 1 heterocycles. The lowest BCUT2D eigenvalue weighted by Gasteiger charge is -2.13. The van der Waals surface area contributed by atoms with E-state index in [1.54, 1.807) is 0 Å². The van der Waals surface area contributed by atoms with Crippen LogP contribution < -0.4 is 0 Å². The lowest BCUT2D eigenvalue weighted by atomic mass is 10.1. The summed E-state index contributed by atoms with van der Waals surface area (Å²) in [6, 6.07) is 1.24. The van der Waals surface area contributed by atoms with E-state index >= 15 is 0 Å². The summed E-state index contributed by atoms with van der Waals surface area (Å²) in [7, 11) is 0. The highest BCUT2D eigenvalue weighted by atomic mass is 19.4. The summed E-state index contributed by atoms with van der Waals surface area (Å²) in [5, 5.41) is 8.70. The molecule has 0 aliphatic heterocycles. The van der Waals surface area contributed by atoms with Crippen LogP contribution in [-0.4, -0.2) is 17.6 Å². The van der Waals surface area contributed by atoms with E-state index in [1.165, 1.54) is 13.0 Å². The maximum absolute atomic E-state index is 12.8. The van der Waals surface area contributed by atoms with E-state index in [9.17, 15) is 26.7 Å². The van der Waals surface area contributed by atoms with Crippen LogP contribution in [-0.2, 0) is 10.9 Å². The normalized spacial score (nSPS) is 11.3. The van der Waals surface area contributed by atoms with Gasteiger partial charge in [0.05, 0.1) is 6.61 Å². The Hall–Kier alpha value is -2.24. The van der Waals surface area contributed by atoms with Gasteiger partial charge in [-0.1, -0.05) is 0 Å². The zero-order valence-electron chi connectivity index (χ0n) is 9.96. The average Bonchev–Trinajstić information content (AvgIpc) is 2.36. The minimum atomic E-state index is -5.01. The van der Waals surface area contributed by atoms with Crippen molar-refractivity contribution in [2.24, 2.45) is 0 Å². The van der Waals surface area contributed by atoms with E-state index in [0.29, 0.717) is 0 Å². The Balaban J connectivity index is 3.58. The molecule has 108 valence electrons. The van der Waals surface area contributed by atoms with Crippen LogP contribution >= 0.6 is 0 Å². The lowest BCUT2D eigenvalue weighted by Crippen LogP contribution is -2.17. The number of rotatable bonds is 3. The molecule has 0 saturated carbocycles. The Morgan fingerprint density at radius 2 is 2.10 bits per heavy atom. The molecule has 0 amide bonds. The summed E-state index contributed by atoms with van der Waals surface area (Å²) in [6.45, 7) is 1.19. The number of ether oxygens (including phenoxy) is 1. The molecule has 1 aromatic rings. The van der Waals surface area contributed by atoms with Crippen LogP contribution in [0, 0.1) is 11.3 Å². The predicted octanol–water partition coefficient (Wildman–Crippen LogP) is 3.09. The van der Waals surface area contributed by atoms with Gasteiger partial charge in [-0.25, -0.2) is 18.6 Å². The highest BCUT2D eigenvalue weighted by Crippen LogP contribution is 2.33. The van der Waals surface area contributed by atoms with E-state index in [1.807, 2.05) is 0 Å². The van der Waals surface area contributed by atoms with Crippen molar-refractivity contribution >= 4 is 5.97 Å². The fraction of sp³-hybridized carbons (Fsp3) is 0.364. The molecule has 1 aromatic heterocycles. The van der Waals surface area contributed by atoms with Gasteiger partial charge >= 0.3 is 12.1 Å². The first-order valence-electron chi connectivity index (χ1n) is 5.19. The number of esters is 1. The van der Waals surface area contributed by atoms with Crippen LogP contribution in [0.3, 0.4) is 0 Å². The number of carbonyl (C=O) groups excluding carboxylic acids is 1. The molecule has 0 aliphatic carbocycles. The summed E-state index contributed by atoms with van der Waals surface area (Å²) < 4.78 is 67.5. The quantitative estimate of drug-likeness (QED) is 0.635. The molecule has 0 atom stereocenters. The van der Waals surface area contributed by atoms with Crippen LogP contribution in [0.5, 0.6) is 0 Å². The zero-order chi connectivity index (χ0) is 15.5. The SMILES string of the molecule is CCOC(=O)c1c(C(F)F)cc(C(F)(F)F)nc1C#N. The Morgan fingerprint density at radius 3 is 2.50 bits per heavy atom. The fourth-order valence-electron chi connectivity index (χ4n) is 1.38. The second kappa shape index (κ2) is 5.81. The van der Waals surface area contributed by atoms with Crippen LogP contribution in [0.4, 0.5) is 22.0 Å². The number of nitriles is 1. The van der Waals surface area contributed by atoms with Gasteiger partial charge in [-0.05, 0) is 13.0 Å². The number of halogens is 5. The molecule has 4 nitrogen and oxygen atoms in total. The van der Waals surface area contributed by atoms with E-state index in [2.05, 4.69) is 9.72 Å². The average molecular weight is 294 g/mol. The highest BCUT2D eigenvalue weighted by Gasteiger charge is 2.36. The number of alkyl halides is 5. The van der Waals surface area contributed by atoms with Crippen LogP contribution in [0.2, 0.25) is 0 Å². The van der Waals surface area contributed by atoms with Crippen LogP contribution in [0.25, 0.3) is 0 Å². The van der Waals surface area contributed by atoms with Gasteiger partial charge in [0.2, 0.25) is 0 Å². The predicted molar refractivity (Wildman–Crippen MR) is 54.9 cm³/mol. The molecule has 0 radical (unpaired) electrons. The lowest BCUT2D eigenvalue weighted by molar-refractivity contribution is -0.141. The van der Waals surface area contributed by atoms with E-state index < -0.39 is 41.1 Å². The molecule has 0 unspecified atom stereocenters. The van der Waals surface area contributed by atoms with Gasteiger partial charge in [0.15, 0.2) is 5.69 Å². The fourth-order valence-corrected chi connectivity index (χ4v) is 1.38. The van der Waals surface area contributed by atoms with Gasteiger partial charge in [0.25, 0.3) is 6.43 Å². The van der Waals surface area contributed by atoms with E-state index in [-0.39, 0.29) is 12.7 Å². The summed E-state index contributed by atoms with van der Waals surface area (Å²) >= 11 is 0. The molecule has 0 bridgehead atoms. The van der Waals surface area contributed by atoms with Gasteiger partial charge in [-0.3, -0.25) is 0 Å². The molecule has 9 heteroatoms. The summed E-state index contributed by atoms with van der Waals surface area (Å²) in [5.41, 5.74) is -4.90. The molecule has 0 fully saturated rings. The number of carbonyl (C=O) groups is 1. The Labute approximate surface area is 109 Å². The van der Waals surface area contributed by atoms with Crippen molar-refractivity contribution in [2.45, 2.75) is 19.5 Å². The Kier molecular flexibility index (Phi) is 4.60. The molecule has 20 heavy (non-hydrogen) atoms. The van der Waals surface area contributed by atoms with Gasteiger partial charge in [-0.2, -0.15) is 18.4 Å². The smallest absolute Gasteiger partial charge is 0.433 e. The largest absolute Gasteiger partial charge is 0.462 e. The maximum atomic E-state index is 12.8. The molecule has 0 aromatic carbocycles. The first-order valence-corrected chi connectivity index (χ1v) is 5.19. The van der Waals surface area contributed by atoms with Crippen molar-refractivity contribution in [3.63, 3.8) is 0 Å². The third-order valence-corrected chi connectivity index (χ3v) is 2.16. The van der Waals surface area contributed by atoms with E-state index in [0.717, 1.165) is 0 Å². The van der Waals surface area contributed by atoms with Crippen LogP contribution in [0.1, 0.15) is 40.7 Å². The van der Waals surface area contributed by atoms with Crippen LogP contribution in [0.15, 0.2) is 6.07 Å². The Bertz CT molecular complexity index is 563. The maximum Gasteiger partial charge on any atom is 0.433 e. The number of aromatic nitrogens is 1. The first kappa shape index (κ1) is 15.8. The number of hydrogen-bond acceptors (Lipinski definition) is 4. The molecular formula is C11H7F5N2O2. The number of pyridine rings is 1. The summed E-state index contributed by atoms with van der Waals surface area (Å²) in [5.74, 6) is -1.32. The standard InChI is InChI=1S/C11H7F5N2O2/c1-2-20-10(19)8-5(9(12)13)3-7(11(14,15)16)18-6(8)4-17/h3,9H,2H2,1H3. The molecule has 0 N–H and O–H groups in total. The van der Waals surface area contributed by atoms with Crippen molar-refractivity contribution in [3.05, 3.63) is 28.6 Å². The van der Waals surface area contributed by atoms with Crippen molar-refractivity contribution < 1.29 is 31.5 Å². The Morgan fingerprint density at radius 1 is 1.50 bits per heavy atom. The van der Waals surface area contributed by atoms with Crippen molar-refractivity contribution in [2.75, 3.05) is 6.61 Å². The summed E-state index contributed by atoms with van der Waals surface area (Å²) in [6.07, 6.45) is -8.40. The van der Waals surface area contributed by atoms with Crippen molar-refractivity contribution in [3.8, 4) is 6.07 Å². The minimum absolute atomic E-state index is 0.0394. The van der Waals surface area contributed by atoms with Crippen molar-refractivity contribution in [1.29, 1.82) is 5.26 Å². The third kappa shape index (κ3) is 3.20. The second-order valence-corrected chi connectivity index (χ2v) is 3.45. The van der Waals surface area contributed by atoms with Gasteiger partial charge in [-0.15, -0.1) is 0 Å². The third-order valence-electron chi connectivity index (χ3n) is 2.16. The van der Waals surface area contributed by atoms with Crippen molar-refractivity contribution in [1.82, 2.24) is 4.98 Å². The first-order chi connectivity index (χ1) is 9.22. The monoisotopic (exact) mass is 294 g/mol. The molecule has 0 saturated heterocycles. The second-order valence-electron chi connectivity index (χ2n) is 3.45. The molecule has 1 rings (SSSR count). The topological polar surface area (TPSA) is 63.0 Å². The molecule has 0 spiro atoms. The number of nitrogens with zero attached hydrogens (tertiary/aromatic N) is 2. The minimum Gasteiger partial charge on any atom is -0.462 e. The highest BCUT2D eigenvalue weighted by molar-refractivity contribution is 5.93. The summed E-state index contributed by atoms with van der Waals surface area (Å²) in [4.78, 5) is 14.4. The van der Waals surface area contributed by atoms with E-state index in [4.69, 9.17) is 5.26 Å². The molecule has 0 aliphatic rings.